The predicted octanol–water partition coefficient (Wildman–Crippen LogP) is 7.95. The standard InChI is InChI=1S/C35H28Br2N4O6/c1-4-45-28-16-21(31(36)32(37)33(28)46-19-30(42)39-24-12-7-5-10-20(24)2)18-38-41-34(40-25-13-8-6-11-22(25)35(41)43)29-17-23-26(44-3)14-9-15-27(23)47-29/h5-18H,4,19H2,1-3H3,(H,39,42). The zero-order valence-corrected chi connectivity index (χ0v) is 28.7. The number of ether oxygens (including phenoxy) is 3. The molecule has 0 unspecified atom stereocenters. The maximum absolute atomic E-state index is 13.8. The Labute approximate surface area is 286 Å². The summed E-state index contributed by atoms with van der Waals surface area (Å²) in [4.78, 5) is 31.3. The minimum Gasteiger partial charge on any atom is -0.496 e. The lowest BCUT2D eigenvalue weighted by molar-refractivity contribution is -0.118. The van der Waals surface area contributed by atoms with Gasteiger partial charge in [-0.15, -0.1) is 0 Å². The maximum atomic E-state index is 13.8. The highest BCUT2D eigenvalue weighted by molar-refractivity contribution is 9.13. The van der Waals surface area contributed by atoms with Crippen LogP contribution in [0.25, 0.3) is 33.5 Å². The number of fused-ring (bicyclic) bond motifs is 2. The Morgan fingerprint density at radius 2 is 1.77 bits per heavy atom. The Kier molecular flexibility index (Phi) is 9.41. The average Bonchev–Trinajstić information content (AvgIpc) is 3.52. The fraction of sp³-hybridized carbons (Fsp3) is 0.143. The molecule has 0 saturated heterocycles. The summed E-state index contributed by atoms with van der Waals surface area (Å²) in [5.41, 5.74) is 2.91. The molecule has 0 radical (unpaired) electrons. The van der Waals surface area contributed by atoms with E-state index in [0.717, 1.165) is 10.9 Å². The van der Waals surface area contributed by atoms with Gasteiger partial charge in [0.25, 0.3) is 11.5 Å². The number of benzene rings is 4. The van der Waals surface area contributed by atoms with Crippen LogP contribution in [-0.2, 0) is 4.79 Å². The molecule has 6 aromatic rings. The zero-order chi connectivity index (χ0) is 33.1. The molecule has 2 heterocycles. The summed E-state index contributed by atoms with van der Waals surface area (Å²) in [5.74, 6) is 1.56. The van der Waals surface area contributed by atoms with E-state index in [1.807, 2.05) is 62.4 Å². The highest BCUT2D eigenvalue weighted by Crippen LogP contribution is 2.42. The average molecular weight is 760 g/mol. The van der Waals surface area contributed by atoms with Crippen LogP contribution in [0.4, 0.5) is 5.69 Å². The van der Waals surface area contributed by atoms with Crippen molar-refractivity contribution in [2.75, 3.05) is 25.6 Å². The van der Waals surface area contributed by atoms with Gasteiger partial charge in [0.15, 0.2) is 23.9 Å². The molecule has 4 aromatic carbocycles. The largest absolute Gasteiger partial charge is 0.496 e. The van der Waals surface area contributed by atoms with E-state index >= 15 is 0 Å². The molecule has 10 nitrogen and oxygen atoms in total. The van der Waals surface area contributed by atoms with Crippen LogP contribution in [0.3, 0.4) is 0 Å². The van der Waals surface area contributed by atoms with E-state index in [2.05, 4.69) is 42.3 Å². The highest BCUT2D eigenvalue weighted by atomic mass is 79.9. The van der Waals surface area contributed by atoms with E-state index < -0.39 is 0 Å². The first-order valence-corrected chi connectivity index (χ1v) is 16.1. The second-order valence-corrected chi connectivity index (χ2v) is 11.9. The Hall–Kier alpha value is -4.94. The Balaban J connectivity index is 1.38. The summed E-state index contributed by atoms with van der Waals surface area (Å²) < 4.78 is 25.7. The number of halogens is 2. The minimum atomic E-state index is -0.380. The third kappa shape index (κ3) is 6.51. The molecule has 0 fully saturated rings. The van der Waals surface area contributed by atoms with Crippen molar-refractivity contribution in [3.8, 4) is 28.8 Å². The van der Waals surface area contributed by atoms with Crippen molar-refractivity contribution in [2.24, 2.45) is 5.10 Å². The van der Waals surface area contributed by atoms with Crippen LogP contribution in [0.15, 0.2) is 102 Å². The van der Waals surface area contributed by atoms with Crippen molar-refractivity contribution < 1.29 is 23.4 Å². The fourth-order valence-corrected chi connectivity index (χ4v) is 5.90. The lowest BCUT2D eigenvalue weighted by Crippen LogP contribution is -2.21. The fourth-order valence-electron chi connectivity index (χ4n) is 4.97. The van der Waals surface area contributed by atoms with Gasteiger partial charge in [0.1, 0.15) is 11.3 Å². The number of para-hydroxylation sites is 2. The highest BCUT2D eigenvalue weighted by Gasteiger charge is 2.21. The van der Waals surface area contributed by atoms with Crippen LogP contribution in [0.5, 0.6) is 17.2 Å². The molecule has 12 heteroatoms. The molecule has 0 spiro atoms. The van der Waals surface area contributed by atoms with Crippen LogP contribution in [0.2, 0.25) is 0 Å². The van der Waals surface area contributed by atoms with Gasteiger partial charge in [-0.3, -0.25) is 9.59 Å². The third-order valence-corrected chi connectivity index (χ3v) is 9.39. The summed E-state index contributed by atoms with van der Waals surface area (Å²) in [6.07, 6.45) is 1.51. The van der Waals surface area contributed by atoms with E-state index in [0.29, 0.717) is 66.3 Å². The first-order chi connectivity index (χ1) is 22.8. The molecule has 0 atom stereocenters. The normalized spacial score (nSPS) is 11.3. The number of anilines is 1. The van der Waals surface area contributed by atoms with Gasteiger partial charge >= 0.3 is 0 Å². The lowest BCUT2D eigenvalue weighted by atomic mass is 10.2. The van der Waals surface area contributed by atoms with Crippen molar-refractivity contribution in [3.05, 3.63) is 109 Å². The van der Waals surface area contributed by atoms with Gasteiger partial charge in [0.05, 0.1) is 40.7 Å². The Bertz CT molecular complexity index is 2230. The molecule has 2 aromatic heterocycles. The monoisotopic (exact) mass is 758 g/mol. The number of carbonyl (C=O) groups excluding carboxylic acids is 1. The molecule has 1 amide bonds. The Morgan fingerprint density at radius 1 is 0.979 bits per heavy atom. The lowest BCUT2D eigenvalue weighted by Gasteiger charge is -2.16. The quantitative estimate of drug-likeness (QED) is 0.141. The molecule has 6 rings (SSSR count). The van der Waals surface area contributed by atoms with Crippen LogP contribution in [0, 0.1) is 6.92 Å². The first-order valence-electron chi connectivity index (χ1n) is 14.5. The van der Waals surface area contributed by atoms with Gasteiger partial charge in [-0.05, 0) is 93.7 Å². The van der Waals surface area contributed by atoms with Crippen molar-refractivity contribution in [3.63, 3.8) is 0 Å². The van der Waals surface area contributed by atoms with Crippen molar-refractivity contribution in [1.82, 2.24) is 9.66 Å². The smallest absolute Gasteiger partial charge is 0.282 e. The molecule has 0 aliphatic carbocycles. The maximum Gasteiger partial charge on any atom is 0.282 e. The SMILES string of the molecule is CCOc1cc(C=Nn2c(-c3cc4c(OC)cccc4o3)nc3ccccc3c2=O)c(Br)c(Br)c1OCC(=O)Nc1ccccc1C. The summed E-state index contributed by atoms with van der Waals surface area (Å²) in [6.45, 7) is 3.84. The van der Waals surface area contributed by atoms with E-state index in [1.165, 1.54) is 10.9 Å². The number of rotatable bonds is 10. The van der Waals surface area contributed by atoms with Crippen LogP contribution < -0.4 is 25.1 Å². The van der Waals surface area contributed by atoms with Gasteiger partial charge in [-0.25, -0.2) is 4.98 Å². The number of nitrogens with zero attached hydrogens (tertiary/aromatic N) is 3. The van der Waals surface area contributed by atoms with Crippen molar-refractivity contribution in [1.29, 1.82) is 0 Å². The number of carbonyl (C=O) groups is 1. The van der Waals surface area contributed by atoms with Crippen LogP contribution in [-0.4, -0.2) is 42.1 Å². The molecule has 0 aliphatic heterocycles. The van der Waals surface area contributed by atoms with E-state index in [-0.39, 0.29) is 23.9 Å². The van der Waals surface area contributed by atoms with E-state index in [1.54, 1.807) is 37.4 Å². The summed E-state index contributed by atoms with van der Waals surface area (Å²) in [6, 6.07) is 23.5. The van der Waals surface area contributed by atoms with Gasteiger partial charge in [0.2, 0.25) is 5.82 Å². The first kappa shape index (κ1) is 32.0. The summed E-state index contributed by atoms with van der Waals surface area (Å²) >= 11 is 7.20. The molecular formula is C35H28Br2N4O6. The molecule has 0 saturated carbocycles. The number of aryl methyl sites for hydroxylation is 1. The third-order valence-electron chi connectivity index (χ3n) is 7.25. The van der Waals surface area contributed by atoms with Gasteiger partial charge < -0.3 is 23.9 Å². The molecule has 0 bridgehead atoms. The number of hydrogen-bond donors (Lipinski definition) is 1. The molecule has 0 aliphatic rings. The minimum absolute atomic E-state index is 0.211. The molecular weight excluding hydrogens is 732 g/mol. The molecule has 238 valence electrons. The number of aromatic nitrogens is 2. The summed E-state index contributed by atoms with van der Waals surface area (Å²) in [7, 11) is 1.58. The van der Waals surface area contributed by atoms with Gasteiger partial charge in [0, 0.05) is 15.7 Å². The topological polar surface area (TPSA) is 117 Å². The van der Waals surface area contributed by atoms with E-state index in [9.17, 15) is 9.59 Å². The van der Waals surface area contributed by atoms with Crippen molar-refractivity contribution in [2.45, 2.75) is 13.8 Å². The van der Waals surface area contributed by atoms with Crippen LogP contribution >= 0.6 is 31.9 Å². The predicted molar refractivity (Wildman–Crippen MR) is 189 cm³/mol. The number of nitrogens with one attached hydrogen (secondary N) is 1. The second-order valence-electron chi connectivity index (χ2n) is 10.3. The number of hydrogen-bond acceptors (Lipinski definition) is 8. The number of methoxy groups -OCH3 is 1. The van der Waals surface area contributed by atoms with Crippen molar-refractivity contribution >= 4 is 71.5 Å². The number of furan rings is 1. The van der Waals surface area contributed by atoms with Crippen LogP contribution in [0.1, 0.15) is 18.1 Å². The zero-order valence-electron chi connectivity index (χ0n) is 25.5. The van der Waals surface area contributed by atoms with Gasteiger partial charge in [-0.1, -0.05) is 36.4 Å². The van der Waals surface area contributed by atoms with E-state index in [4.69, 9.17) is 23.6 Å². The Morgan fingerprint density at radius 3 is 2.55 bits per heavy atom. The summed E-state index contributed by atoms with van der Waals surface area (Å²) in [5, 5.41) is 8.58. The van der Waals surface area contributed by atoms with Gasteiger partial charge in [-0.2, -0.15) is 9.78 Å². The molecule has 1 N–H and O–H groups in total. The number of amides is 1. The second kappa shape index (κ2) is 13.8. The molecule has 47 heavy (non-hydrogen) atoms.